The maximum absolute atomic E-state index is 3.69. The van der Waals surface area contributed by atoms with Crippen molar-refractivity contribution in [3.63, 3.8) is 0 Å². The van der Waals surface area contributed by atoms with Crippen molar-refractivity contribution in [3.8, 4) is 0 Å². The highest BCUT2D eigenvalue weighted by molar-refractivity contribution is 5.15. The van der Waals surface area contributed by atoms with Gasteiger partial charge in [-0.25, -0.2) is 0 Å². The molecule has 2 unspecified atom stereocenters. The molecule has 0 radical (unpaired) electrons. The summed E-state index contributed by atoms with van der Waals surface area (Å²) in [5, 5.41) is 3.69. The van der Waals surface area contributed by atoms with Crippen LogP contribution in [0.5, 0.6) is 0 Å². The Bertz CT molecular complexity index is 294. The van der Waals surface area contributed by atoms with Gasteiger partial charge in [0.1, 0.15) is 0 Å². The molecule has 1 heteroatoms. The molecule has 0 saturated heterocycles. The lowest BCUT2D eigenvalue weighted by atomic mass is 9.98. The van der Waals surface area contributed by atoms with E-state index in [1.165, 1.54) is 37.8 Å². The van der Waals surface area contributed by atoms with Gasteiger partial charge in [0.2, 0.25) is 0 Å². The molecule has 1 aromatic rings. The maximum Gasteiger partial charge on any atom is 0.00792 e. The molecule has 0 saturated carbocycles. The third-order valence-electron chi connectivity index (χ3n) is 3.68. The third-order valence-corrected chi connectivity index (χ3v) is 3.68. The number of benzene rings is 1. The minimum atomic E-state index is 0.572. The Hall–Kier alpha value is -0.820. The quantitative estimate of drug-likeness (QED) is 0.681. The largest absolute Gasteiger partial charge is 0.314 e. The molecule has 0 spiro atoms. The van der Waals surface area contributed by atoms with Crippen LogP contribution in [0.4, 0.5) is 0 Å². The van der Waals surface area contributed by atoms with Gasteiger partial charge in [0.15, 0.2) is 0 Å². The number of nitrogens with one attached hydrogen (secondary N) is 1. The summed E-state index contributed by atoms with van der Waals surface area (Å²) in [6.45, 7) is 8.05. The summed E-state index contributed by atoms with van der Waals surface area (Å²) >= 11 is 0. The molecule has 0 fully saturated rings. The standard InChI is InChI=1S/C17H29N/c1-4-6-10-16(5-2)14-18-15(3)13-17-11-8-7-9-12-17/h7-9,11-12,15-16,18H,4-6,10,13-14H2,1-3H3. The number of rotatable bonds is 9. The van der Waals surface area contributed by atoms with E-state index in [0.717, 1.165) is 12.3 Å². The molecule has 0 aromatic heterocycles. The molecule has 0 amide bonds. The molecule has 1 rings (SSSR count). The molecule has 1 N–H and O–H groups in total. The number of hydrogen-bond acceptors (Lipinski definition) is 1. The lowest BCUT2D eigenvalue weighted by molar-refractivity contribution is 0.394. The number of hydrogen-bond donors (Lipinski definition) is 1. The lowest BCUT2D eigenvalue weighted by Gasteiger charge is -2.19. The smallest absolute Gasteiger partial charge is 0.00792 e. The van der Waals surface area contributed by atoms with Gasteiger partial charge in [-0.2, -0.15) is 0 Å². The molecule has 0 aliphatic heterocycles. The third kappa shape index (κ3) is 6.20. The number of unbranched alkanes of at least 4 members (excludes halogenated alkanes) is 1. The first-order valence-electron chi connectivity index (χ1n) is 7.53. The van der Waals surface area contributed by atoms with E-state index >= 15 is 0 Å². The van der Waals surface area contributed by atoms with E-state index in [9.17, 15) is 0 Å². The zero-order valence-corrected chi connectivity index (χ0v) is 12.3. The Morgan fingerprint density at radius 2 is 1.83 bits per heavy atom. The van der Waals surface area contributed by atoms with E-state index in [4.69, 9.17) is 0 Å². The zero-order valence-electron chi connectivity index (χ0n) is 12.3. The van der Waals surface area contributed by atoms with Crippen LogP contribution in [0.2, 0.25) is 0 Å². The lowest BCUT2D eigenvalue weighted by Crippen LogP contribution is -2.32. The van der Waals surface area contributed by atoms with Crippen LogP contribution in [0.3, 0.4) is 0 Å². The second-order valence-corrected chi connectivity index (χ2v) is 5.42. The second kappa shape index (κ2) is 9.16. The average Bonchev–Trinajstić information content (AvgIpc) is 2.40. The van der Waals surface area contributed by atoms with Crippen molar-refractivity contribution in [2.24, 2.45) is 5.92 Å². The summed E-state index contributed by atoms with van der Waals surface area (Å²) in [6, 6.07) is 11.3. The van der Waals surface area contributed by atoms with Gasteiger partial charge < -0.3 is 5.32 Å². The van der Waals surface area contributed by atoms with Crippen LogP contribution in [0, 0.1) is 5.92 Å². The fourth-order valence-electron chi connectivity index (χ4n) is 2.35. The van der Waals surface area contributed by atoms with Gasteiger partial charge in [0.05, 0.1) is 0 Å². The van der Waals surface area contributed by atoms with Gasteiger partial charge in [0, 0.05) is 6.04 Å². The van der Waals surface area contributed by atoms with E-state index in [2.05, 4.69) is 56.4 Å². The van der Waals surface area contributed by atoms with Crippen molar-refractivity contribution in [2.45, 2.75) is 58.9 Å². The van der Waals surface area contributed by atoms with Crippen LogP contribution in [-0.2, 0) is 6.42 Å². The molecule has 102 valence electrons. The zero-order chi connectivity index (χ0) is 13.2. The topological polar surface area (TPSA) is 12.0 Å². The SMILES string of the molecule is CCCCC(CC)CNC(C)Cc1ccccc1. The molecule has 0 aliphatic carbocycles. The Morgan fingerprint density at radius 1 is 1.11 bits per heavy atom. The van der Waals surface area contributed by atoms with Crippen molar-refractivity contribution in [1.29, 1.82) is 0 Å². The van der Waals surface area contributed by atoms with Crippen LogP contribution < -0.4 is 5.32 Å². The highest BCUT2D eigenvalue weighted by Crippen LogP contribution is 2.12. The van der Waals surface area contributed by atoms with E-state index in [0.29, 0.717) is 6.04 Å². The van der Waals surface area contributed by atoms with Gasteiger partial charge in [-0.05, 0) is 37.8 Å². The van der Waals surface area contributed by atoms with Gasteiger partial charge in [-0.15, -0.1) is 0 Å². The van der Waals surface area contributed by atoms with Crippen LogP contribution in [0.25, 0.3) is 0 Å². The summed E-state index contributed by atoms with van der Waals surface area (Å²) in [5.41, 5.74) is 1.43. The predicted molar refractivity (Wildman–Crippen MR) is 80.9 cm³/mol. The first kappa shape index (κ1) is 15.2. The Kier molecular flexibility index (Phi) is 7.75. The summed E-state index contributed by atoms with van der Waals surface area (Å²) in [7, 11) is 0. The molecule has 2 atom stereocenters. The van der Waals surface area contributed by atoms with E-state index in [1.54, 1.807) is 0 Å². The van der Waals surface area contributed by atoms with E-state index in [1.807, 2.05) is 0 Å². The van der Waals surface area contributed by atoms with Gasteiger partial charge in [-0.3, -0.25) is 0 Å². The van der Waals surface area contributed by atoms with Crippen molar-refractivity contribution in [2.75, 3.05) is 6.54 Å². The molecular formula is C17H29N. The highest BCUT2D eigenvalue weighted by Gasteiger charge is 2.08. The minimum absolute atomic E-state index is 0.572. The maximum atomic E-state index is 3.69. The van der Waals surface area contributed by atoms with E-state index < -0.39 is 0 Å². The molecule has 18 heavy (non-hydrogen) atoms. The summed E-state index contributed by atoms with van der Waals surface area (Å²) in [4.78, 5) is 0. The first-order chi connectivity index (χ1) is 8.76. The monoisotopic (exact) mass is 247 g/mol. The predicted octanol–water partition coefficient (Wildman–Crippen LogP) is 4.42. The summed E-state index contributed by atoms with van der Waals surface area (Å²) in [6.07, 6.45) is 6.48. The fourth-order valence-corrected chi connectivity index (χ4v) is 2.35. The van der Waals surface area contributed by atoms with Gasteiger partial charge in [-0.1, -0.05) is 63.4 Å². The van der Waals surface area contributed by atoms with Crippen LogP contribution in [0.15, 0.2) is 30.3 Å². The molecule has 0 aliphatic rings. The van der Waals surface area contributed by atoms with Crippen molar-refractivity contribution < 1.29 is 0 Å². The minimum Gasteiger partial charge on any atom is -0.314 e. The molecule has 0 bridgehead atoms. The van der Waals surface area contributed by atoms with Crippen molar-refractivity contribution >= 4 is 0 Å². The molecular weight excluding hydrogens is 218 g/mol. The summed E-state index contributed by atoms with van der Waals surface area (Å²) in [5.74, 6) is 0.850. The Balaban J connectivity index is 2.25. The summed E-state index contributed by atoms with van der Waals surface area (Å²) < 4.78 is 0. The van der Waals surface area contributed by atoms with Gasteiger partial charge >= 0.3 is 0 Å². The molecule has 1 nitrogen and oxygen atoms in total. The van der Waals surface area contributed by atoms with Crippen molar-refractivity contribution in [1.82, 2.24) is 5.32 Å². The normalized spacial score (nSPS) is 14.4. The van der Waals surface area contributed by atoms with Crippen LogP contribution >= 0.6 is 0 Å². The fraction of sp³-hybridized carbons (Fsp3) is 0.647. The van der Waals surface area contributed by atoms with Crippen LogP contribution in [-0.4, -0.2) is 12.6 Å². The van der Waals surface area contributed by atoms with Crippen LogP contribution in [0.1, 0.15) is 52.0 Å². The van der Waals surface area contributed by atoms with Crippen molar-refractivity contribution in [3.05, 3.63) is 35.9 Å². The second-order valence-electron chi connectivity index (χ2n) is 5.42. The van der Waals surface area contributed by atoms with E-state index in [-0.39, 0.29) is 0 Å². The Morgan fingerprint density at radius 3 is 2.44 bits per heavy atom. The molecule has 0 heterocycles. The highest BCUT2D eigenvalue weighted by atomic mass is 14.9. The first-order valence-corrected chi connectivity index (χ1v) is 7.53. The average molecular weight is 247 g/mol. The molecule has 1 aromatic carbocycles. The Labute approximate surface area is 113 Å². The van der Waals surface area contributed by atoms with Gasteiger partial charge in [0.25, 0.3) is 0 Å².